The number of hydrogen-bond acceptors (Lipinski definition) is 4. The number of urea groups is 1. The Morgan fingerprint density at radius 2 is 1.97 bits per heavy atom. The van der Waals surface area contributed by atoms with Crippen molar-refractivity contribution in [2.45, 2.75) is 32.6 Å². The number of amides is 2. The highest BCUT2D eigenvalue weighted by atomic mass is 16.3. The first-order valence-electron chi connectivity index (χ1n) is 10.3. The van der Waals surface area contributed by atoms with Crippen LogP contribution in [0.1, 0.15) is 23.1 Å². The summed E-state index contributed by atoms with van der Waals surface area (Å²) in [6.07, 6.45) is 2.73. The maximum atomic E-state index is 12.4. The Morgan fingerprint density at radius 3 is 2.77 bits per heavy atom. The zero-order valence-electron chi connectivity index (χ0n) is 18.0. The summed E-state index contributed by atoms with van der Waals surface area (Å²) in [6, 6.07) is 14.7. The molecule has 2 heterocycles. The van der Waals surface area contributed by atoms with Gasteiger partial charge in [0.15, 0.2) is 0 Å². The first-order valence-corrected chi connectivity index (χ1v) is 10.3. The molecular weight excluding hydrogens is 394 g/mol. The van der Waals surface area contributed by atoms with Gasteiger partial charge in [-0.15, -0.1) is 0 Å². The SMILES string of the molecule is CN1Cc2ccc(CN(C)C(=O)NCCCn3ncc4ccccc43)cc2C1.O=CO. The number of hydrogen-bond donors (Lipinski definition) is 2. The summed E-state index contributed by atoms with van der Waals surface area (Å²) in [5.41, 5.74) is 5.08. The number of carbonyl (C=O) groups excluding carboxylic acids is 1. The molecule has 0 saturated heterocycles. The highest BCUT2D eigenvalue weighted by Gasteiger charge is 2.16. The minimum Gasteiger partial charge on any atom is -0.483 e. The molecule has 0 bridgehead atoms. The van der Waals surface area contributed by atoms with Gasteiger partial charge in [-0.3, -0.25) is 14.4 Å². The second-order valence-corrected chi connectivity index (χ2v) is 7.75. The van der Waals surface area contributed by atoms with Crippen molar-refractivity contribution in [2.75, 3.05) is 20.6 Å². The molecule has 0 fully saturated rings. The molecule has 8 heteroatoms. The number of aryl methyl sites for hydroxylation is 1. The van der Waals surface area contributed by atoms with Crippen LogP contribution in [0.2, 0.25) is 0 Å². The third-order valence-corrected chi connectivity index (χ3v) is 5.29. The van der Waals surface area contributed by atoms with Gasteiger partial charge in [-0.1, -0.05) is 36.4 Å². The lowest BCUT2D eigenvalue weighted by molar-refractivity contribution is -0.122. The molecule has 3 aromatic rings. The summed E-state index contributed by atoms with van der Waals surface area (Å²) in [7, 11) is 3.97. The molecule has 2 amide bonds. The van der Waals surface area contributed by atoms with E-state index in [0.717, 1.165) is 37.0 Å². The molecule has 2 aromatic carbocycles. The monoisotopic (exact) mass is 423 g/mol. The molecule has 1 aliphatic rings. The van der Waals surface area contributed by atoms with Gasteiger partial charge in [0.05, 0.1) is 11.7 Å². The molecule has 164 valence electrons. The van der Waals surface area contributed by atoms with E-state index in [1.807, 2.05) is 30.1 Å². The van der Waals surface area contributed by atoms with Crippen LogP contribution in [0.15, 0.2) is 48.7 Å². The fourth-order valence-corrected chi connectivity index (χ4v) is 3.83. The third-order valence-electron chi connectivity index (χ3n) is 5.29. The van der Waals surface area contributed by atoms with Gasteiger partial charge in [0, 0.05) is 45.2 Å². The van der Waals surface area contributed by atoms with E-state index in [0.29, 0.717) is 13.1 Å². The highest BCUT2D eigenvalue weighted by Crippen LogP contribution is 2.22. The van der Waals surface area contributed by atoms with Crippen molar-refractivity contribution in [3.05, 3.63) is 65.4 Å². The number of carbonyl (C=O) groups is 2. The summed E-state index contributed by atoms with van der Waals surface area (Å²) < 4.78 is 1.99. The summed E-state index contributed by atoms with van der Waals surface area (Å²) in [5.74, 6) is 0. The van der Waals surface area contributed by atoms with E-state index in [9.17, 15) is 4.79 Å². The van der Waals surface area contributed by atoms with E-state index in [1.54, 1.807) is 4.90 Å². The van der Waals surface area contributed by atoms with Crippen LogP contribution in [0, 0.1) is 0 Å². The standard InChI is InChI=1S/C22H27N5O.CH2O2/c1-25-15-19-9-8-17(12-20(19)16-25)14-26(2)22(28)23-10-5-11-27-21-7-4-3-6-18(21)13-24-27;2-1-3/h3-4,6-9,12-13H,5,10-11,14-16H2,1-2H3,(H,23,28);1H,(H,2,3). The number of aromatic nitrogens is 2. The van der Waals surface area contributed by atoms with Gasteiger partial charge in [0.25, 0.3) is 6.47 Å². The number of benzene rings is 2. The van der Waals surface area contributed by atoms with Crippen LogP contribution >= 0.6 is 0 Å². The molecule has 0 unspecified atom stereocenters. The van der Waals surface area contributed by atoms with Crippen LogP contribution in [0.5, 0.6) is 0 Å². The number of rotatable bonds is 6. The van der Waals surface area contributed by atoms with Gasteiger partial charge in [0.1, 0.15) is 0 Å². The first kappa shape index (κ1) is 22.3. The Balaban J connectivity index is 0.000000858. The molecule has 0 saturated carbocycles. The topological polar surface area (TPSA) is 90.7 Å². The van der Waals surface area contributed by atoms with Gasteiger partial charge < -0.3 is 15.3 Å². The Bertz CT molecular complexity index is 1030. The fourth-order valence-electron chi connectivity index (χ4n) is 3.83. The van der Waals surface area contributed by atoms with Crippen molar-refractivity contribution in [2.24, 2.45) is 0 Å². The van der Waals surface area contributed by atoms with Gasteiger partial charge in [-0.05, 0) is 36.2 Å². The van der Waals surface area contributed by atoms with E-state index >= 15 is 0 Å². The van der Waals surface area contributed by atoms with Crippen molar-refractivity contribution >= 4 is 23.4 Å². The van der Waals surface area contributed by atoms with Crippen LogP contribution < -0.4 is 5.32 Å². The van der Waals surface area contributed by atoms with Gasteiger partial charge in [-0.2, -0.15) is 5.10 Å². The highest BCUT2D eigenvalue weighted by molar-refractivity contribution is 5.78. The summed E-state index contributed by atoms with van der Waals surface area (Å²) in [4.78, 5) is 24.8. The van der Waals surface area contributed by atoms with Crippen molar-refractivity contribution in [1.82, 2.24) is 24.9 Å². The molecule has 31 heavy (non-hydrogen) atoms. The Kier molecular flexibility index (Phi) is 7.61. The Hall–Kier alpha value is -3.39. The average Bonchev–Trinajstić information content (AvgIpc) is 3.33. The number of para-hydroxylation sites is 1. The van der Waals surface area contributed by atoms with Crippen molar-refractivity contribution < 1.29 is 14.7 Å². The molecule has 1 aliphatic heterocycles. The van der Waals surface area contributed by atoms with Gasteiger partial charge >= 0.3 is 6.03 Å². The summed E-state index contributed by atoms with van der Waals surface area (Å²) >= 11 is 0. The van der Waals surface area contributed by atoms with E-state index in [1.165, 1.54) is 16.7 Å². The smallest absolute Gasteiger partial charge is 0.317 e. The molecule has 1 aromatic heterocycles. The minimum absolute atomic E-state index is 0.0389. The van der Waals surface area contributed by atoms with Crippen LogP contribution in [0.25, 0.3) is 10.9 Å². The Morgan fingerprint density at radius 1 is 1.23 bits per heavy atom. The third kappa shape index (κ3) is 5.82. The number of fused-ring (bicyclic) bond motifs is 2. The number of nitrogens with zero attached hydrogens (tertiary/aromatic N) is 4. The number of nitrogens with one attached hydrogen (secondary N) is 1. The van der Waals surface area contributed by atoms with Crippen LogP contribution in [0.4, 0.5) is 4.79 Å². The lowest BCUT2D eigenvalue weighted by atomic mass is 10.1. The minimum atomic E-state index is -0.250. The van der Waals surface area contributed by atoms with Crippen LogP contribution in [0.3, 0.4) is 0 Å². The molecule has 0 spiro atoms. The molecule has 8 nitrogen and oxygen atoms in total. The molecular formula is C23H29N5O3. The van der Waals surface area contributed by atoms with Crippen molar-refractivity contribution in [3.8, 4) is 0 Å². The normalized spacial score (nSPS) is 12.7. The molecule has 0 radical (unpaired) electrons. The van der Waals surface area contributed by atoms with Crippen molar-refractivity contribution in [1.29, 1.82) is 0 Å². The maximum Gasteiger partial charge on any atom is 0.317 e. The molecule has 0 aliphatic carbocycles. The van der Waals surface area contributed by atoms with Crippen LogP contribution in [-0.4, -0.2) is 57.8 Å². The van der Waals surface area contributed by atoms with Gasteiger partial charge in [0.2, 0.25) is 0 Å². The van der Waals surface area contributed by atoms with Crippen molar-refractivity contribution in [3.63, 3.8) is 0 Å². The molecule has 2 N–H and O–H groups in total. The molecule has 4 rings (SSSR count). The van der Waals surface area contributed by atoms with E-state index in [2.05, 4.69) is 52.7 Å². The lowest BCUT2D eigenvalue weighted by Gasteiger charge is -2.18. The predicted molar refractivity (Wildman–Crippen MR) is 120 cm³/mol. The predicted octanol–water partition coefficient (Wildman–Crippen LogP) is 2.91. The average molecular weight is 424 g/mol. The second-order valence-electron chi connectivity index (χ2n) is 7.75. The zero-order chi connectivity index (χ0) is 22.2. The summed E-state index contributed by atoms with van der Waals surface area (Å²) in [6.45, 7) is 3.79. The second kappa shape index (κ2) is 10.6. The zero-order valence-corrected chi connectivity index (χ0v) is 18.0. The van der Waals surface area contributed by atoms with Crippen LogP contribution in [-0.2, 0) is 31.0 Å². The quantitative estimate of drug-likeness (QED) is 0.470. The van der Waals surface area contributed by atoms with E-state index in [4.69, 9.17) is 9.90 Å². The first-order chi connectivity index (χ1) is 15.0. The number of carboxylic acid groups (broad SMARTS) is 1. The largest absolute Gasteiger partial charge is 0.483 e. The lowest BCUT2D eigenvalue weighted by Crippen LogP contribution is -2.37. The summed E-state index contributed by atoms with van der Waals surface area (Å²) in [5, 5.41) is 15.5. The maximum absolute atomic E-state index is 12.4. The van der Waals surface area contributed by atoms with Gasteiger partial charge in [-0.25, -0.2) is 4.79 Å². The van der Waals surface area contributed by atoms with E-state index < -0.39 is 0 Å². The Labute approximate surface area is 182 Å². The fraction of sp³-hybridized carbons (Fsp3) is 0.348. The molecule has 0 atom stereocenters. The van der Waals surface area contributed by atoms with E-state index in [-0.39, 0.29) is 12.5 Å².